The van der Waals surface area contributed by atoms with Gasteiger partial charge in [-0.3, -0.25) is 0 Å². The predicted octanol–water partition coefficient (Wildman–Crippen LogP) is 8.18. The van der Waals surface area contributed by atoms with Gasteiger partial charge in [0.2, 0.25) is 0 Å². The summed E-state index contributed by atoms with van der Waals surface area (Å²) >= 11 is 0. The van der Waals surface area contributed by atoms with Gasteiger partial charge < -0.3 is 38.2 Å². The number of ether oxygens (including phenoxy) is 6. The number of hydrogen-bond acceptors (Lipinski definition) is 8. The Morgan fingerprint density at radius 2 is 0.788 bits per heavy atom. The van der Waals surface area contributed by atoms with Crippen LogP contribution in [0.25, 0.3) is 11.1 Å². The molecule has 0 aliphatic carbocycles. The van der Waals surface area contributed by atoms with Gasteiger partial charge in [-0.1, -0.05) is 24.3 Å². The molecule has 0 saturated carbocycles. The van der Waals surface area contributed by atoms with Gasteiger partial charge in [-0.2, -0.15) is 26.3 Å². The number of anilines is 2. The molecule has 4 unspecified atom stereocenters. The van der Waals surface area contributed by atoms with E-state index in [0.29, 0.717) is 75.1 Å². The Morgan fingerprint density at radius 3 is 1.06 bits per heavy atom. The molecule has 0 aromatic heterocycles. The van der Waals surface area contributed by atoms with Crippen molar-refractivity contribution in [1.82, 2.24) is 0 Å². The van der Waals surface area contributed by atoms with Crippen LogP contribution in [0.2, 0.25) is 0 Å². The average molecular weight is 729 g/mol. The van der Waals surface area contributed by atoms with Crippen molar-refractivity contribution in [2.45, 2.75) is 36.8 Å². The zero-order valence-corrected chi connectivity index (χ0v) is 27.7. The number of epoxide rings is 4. The van der Waals surface area contributed by atoms with Crippen molar-refractivity contribution in [2.24, 2.45) is 0 Å². The molecule has 4 aromatic rings. The molecule has 0 bridgehead atoms. The van der Waals surface area contributed by atoms with Gasteiger partial charge in [0.05, 0.1) is 50.8 Å². The molecule has 8 rings (SSSR count). The first kappa shape index (κ1) is 34.6. The maximum Gasteiger partial charge on any atom is 0.420 e. The first-order valence-corrected chi connectivity index (χ1v) is 16.9. The van der Waals surface area contributed by atoms with E-state index in [0.717, 1.165) is 12.1 Å². The third kappa shape index (κ3) is 8.75. The minimum atomic E-state index is -4.66. The lowest BCUT2D eigenvalue weighted by Crippen LogP contribution is -2.31. The molecule has 0 radical (unpaired) electrons. The molecule has 4 saturated heterocycles. The van der Waals surface area contributed by atoms with Crippen LogP contribution in [0.3, 0.4) is 0 Å². The summed E-state index contributed by atoms with van der Waals surface area (Å²) in [5, 5.41) is 0. The van der Waals surface area contributed by atoms with E-state index in [1.54, 1.807) is 60.7 Å². The summed E-state index contributed by atoms with van der Waals surface area (Å²) in [6.07, 6.45) is -9.36. The quantitative estimate of drug-likeness (QED) is 0.0897. The standard InChI is InChI=1S/C38H34F6N2O6/c39-37(40,41)33-13-25(45(15-29-19-47-29)16-30-20-48-30)5-11-35(33)51-27-7-1-23(2-8-27)24-3-9-28(10-4-24)52-36-12-6-26(14-34(36)38(42,43)44)46(17-31-21-49-31)18-32-22-50-32/h1-14,29-32H,15-22H2. The minimum absolute atomic E-state index is 0.0112. The molecule has 14 heteroatoms. The molecule has 4 atom stereocenters. The summed E-state index contributed by atoms with van der Waals surface area (Å²) in [7, 11) is 0. The fourth-order valence-electron chi connectivity index (χ4n) is 5.98. The summed E-state index contributed by atoms with van der Waals surface area (Å²) in [4.78, 5) is 3.69. The Bertz CT molecular complexity index is 1710. The molecule has 8 nitrogen and oxygen atoms in total. The van der Waals surface area contributed by atoms with Crippen LogP contribution >= 0.6 is 0 Å². The lowest BCUT2D eigenvalue weighted by Gasteiger charge is -2.25. The third-order valence-electron chi connectivity index (χ3n) is 9.07. The number of alkyl halides is 6. The monoisotopic (exact) mass is 728 g/mol. The highest BCUT2D eigenvalue weighted by molar-refractivity contribution is 5.65. The summed E-state index contributed by atoms with van der Waals surface area (Å²) in [5.41, 5.74) is 0.445. The van der Waals surface area contributed by atoms with Crippen LogP contribution in [0, 0.1) is 0 Å². The topological polar surface area (TPSA) is 75.1 Å². The summed E-state index contributed by atoms with van der Waals surface area (Å²) in [6.45, 7) is 4.20. The zero-order valence-electron chi connectivity index (χ0n) is 27.7. The molecular formula is C38H34F6N2O6. The SMILES string of the molecule is FC(F)(F)c1cc(N(CC2CO2)CC2CO2)ccc1Oc1ccc(-c2ccc(Oc3ccc(N(CC4CO4)CC4CO4)cc3C(F)(F)F)cc2)cc1. The van der Waals surface area contributed by atoms with Gasteiger partial charge >= 0.3 is 12.4 Å². The van der Waals surface area contributed by atoms with Gasteiger partial charge in [0.1, 0.15) is 34.1 Å². The molecule has 274 valence electrons. The van der Waals surface area contributed by atoms with Crippen LogP contribution in [0.15, 0.2) is 84.9 Å². The molecule has 4 fully saturated rings. The van der Waals surface area contributed by atoms with E-state index in [2.05, 4.69) is 0 Å². The number of halogens is 6. The zero-order chi connectivity index (χ0) is 36.0. The highest BCUT2D eigenvalue weighted by Gasteiger charge is 2.38. The van der Waals surface area contributed by atoms with Gasteiger partial charge in [-0.05, 0) is 71.8 Å². The normalized spacial score (nSPS) is 21.7. The maximum atomic E-state index is 14.2. The van der Waals surface area contributed by atoms with E-state index in [4.69, 9.17) is 28.4 Å². The van der Waals surface area contributed by atoms with Gasteiger partial charge in [0.25, 0.3) is 0 Å². The molecule has 4 heterocycles. The fourth-order valence-corrected chi connectivity index (χ4v) is 5.98. The molecule has 52 heavy (non-hydrogen) atoms. The van der Waals surface area contributed by atoms with Crippen LogP contribution in [0.1, 0.15) is 11.1 Å². The van der Waals surface area contributed by atoms with Crippen LogP contribution in [-0.4, -0.2) is 77.0 Å². The molecule has 4 aliphatic rings. The third-order valence-corrected chi connectivity index (χ3v) is 9.07. The van der Waals surface area contributed by atoms with E-state index in [1.807, 2.05) is 9.80 Å². The second-order valence-electron chi connectivity index (χ2n) is 13.2. The van der Waals surface area contributed by atoms with Gasteiger partial charge in [0.15, 0.2) is 0 Å². The molecule has 0 N–H and O–H groups in total. The van der Waals surface area contributed by atoms with Crippen LogP contribution < -0.4 is 19.3 Å². The Hall–Kier alpha value is -4.50. The summed E-state index contributed by atoms with van der Waals surface area (Å²) < 4.78 is 118. The lowest BCUT2D eigenvalue weighted by molar-refractivity contribution is -0.139. The van der Waals surface area contributed by atoms with Crippen molar-refractivity contribution in [3.8, 4) is 34.1 Å². The maximum absolute atomic E-state index is 14.2. The van der Waals surface area contributed by atoms with Crippen molar-refractivity contribution in [2.75, 3.05) is 62.4 Å². The smallest absolute Gasteiger partial charge is 0.420 e. The van der Waals surface area contributed by atoms with Crippen LogP contribution in [-0.2, 0) is 31.3 Å². The molecule has 4 aromatic carbocycles. The Balaban J connectivity index is 0.951. The number of hydrogen-bond donors (Lipinski definition) is 0. The van der Waals surface area contributed by atoms with Crippen molar-refractivity contribution >= 4 is 11.4 Å². The highest BCUT2D eigenvalue weighted by atomic mass is 19.4. The largest absolute Gasteiger partial charge is 0.457 e. The first-order chi connectivity index (χ1) is 24.9. The molecule has 4 aliphatic heterocycles. The number of benzene rings is 4. The van der Waals surface area contributed by atoms with E-state index in [-0.39, 0.29) is 47.4 Å². The van der Waals surface area contributed by atoms with Crippen molar-refractivity contribution < 1.29 is 54.8 Å². The van der Waals surface area contributed by atoms with Gasteiger partial charge in [-0.25, -0.2) is 0 Å². The molecule has 0 amide bonds. The van der Waals surface area contributed by atoms with E-state index >= 15 is 0 Å². The average Bonchev–Trinajstić information content (AvgIpc) is 3.90. The predicted molar refractivity (Wildman–Crippen MR) is 178 cm³/mol. The van der Waals surface area contributed by atoms with Gasteiger partial charge in [0, 0.05) is 37.6 Å². The van der Waals surface area contributed by atoms with Gasteiger partial charge in [-0.15, -0.1) is 0 Å². The Labute approximate surface area is 295 Å². The Kier molecular flexibility index (Phi) is 9.18. The molecular weight excluding hydrogens is 694 g/mol. The number of rotatable bonds is 15. The van der Waals surface area contributed by atoms with Crippen molar-refractivity contribution in [3.63, 3.8) is 0 Å². The van der Waals surface area contributed by atoms with E-state index in [9.17, 15) is 26.3 Å². The minimum Gasteiger partial charge on any atom is -0.457 e. The second-order valence-corrected chi connectivity index (χ2v) is 13.2. The van der Waals surface area contributed by atoms with E-state index in [1.165, 1.54) is 12.1 Å². The number of nitrogens with zero attached hydrogens (tertiary/aromatic N) is 2. The fraction of sp³-hybridized carbons (Fsp3) is 0.368. The summed E-state index contributed by atoms with van der Waals surface area (Å²) in [6, 6.07) is 21.0. The summed E-state index contributed by atoms with van der Waals surface area (Å²) in [5.74, 6) is -0.257. The van der Waals surface area contributed by atoms with Crippen LogP contribution in [0.5, 0.6) is 23.0 Å². The van der Waals surface area contributed by atoms with Crippen molar-refractivity contribution in [3.05, 3.63) is 96.1 Å². The Morgan fingerprint density at radius 1 is 0.481 bits per heavy atom. The first-order valence-electron chi connectivity index (χ1n) is 16.9. The van der Waals surface area contributed by atoms with E-state index < -0.39 is 23.5 Å². The van der Waals surface area contributed by atoms with Crippen LogP contribution in [0.4, 0.5) is 37.7 Å². The highest BCUT2D eigenvalue weighted by Crippen LogP contribution is 2.43. The molecule has 0 spiro atoms. The second kappa shape index (κ2) is 13.8. The lowest BCUT2D eigenvalue weighted by atomic mass is 10.1. The van der Waals surface area contributed by atoms with Crippen molar-refractivity contribution in [1.29, 1.82) is 0 Å².